The molecule has 3 heteroatoms. The number of aromatic nitrogens is 1. The molecule has 1 aromatic rings. The Hall–Kier alpha value is -1.66. The maximum atomic E-state index is 8.56. The first-order chi connectivity index (χ1) is 6.36. The van der Waals surface area contributed by atoms with E-state index in [1.54, 1.807) is 18.2 Å². The van der Waals surface area contributed by atoms with Crippen LogP contribution in [0.25, 0.3) is 6.08 Å². The summed E-state index contributed by atoms with van der Waals surface area (Å²) in [5, 5.41) is 17.1. The van der Waals surface area contributed by atoms with Crippen molar-refractivity contribution in [1.82, 2.24) is 4.98 Å². The smallest absolute Gasteiger partial charge is 0.141 e. The lowest BCUT2D eigenvalue weighted by atomic mass is 10.3. The summed E-state index contributed by atoms with van der Waals surface area (Å²) in [7, 11) is 0. The lowest BCUT2D eigenvalue weighted by Crippen LogP contribution is -1.85. The largest absolute Gasteiger partial charge is 0.396 e. The Bertz CT molecular complexity index is 339. The lowest BCUT2D eigenvalue weighted by molar-refractivity contribution is 0.303. The Labute approximate surface area is 77.0 Å². The molecular weight excluding hydrogens is 164 g/mol. The molecule has 0 spiro atoms. The molecule has 0 unspecified atom stereocenters. The van der Waals surface area contributed by atoms with Gasteiger partial charge in [-0.15, -0.1) is 0 Å². The topological polar surface area (TPSA) is 56.9 Å². The first kappa shape index (κ1) is 9.43. The van der Waals surface area contributed by atoms with Crippen LogP contribution in [0.5, 0.6) is 0 Å². The zero-order valence-corrected chi connectivity index (χ0v) is 7.14. The SMILES string of the molecule is N#Cc1cccc(C=CCCO)n1. The third-order valence-corrected chi connectivity index (χ3v) is 1.47. The Balaban J connectivity index is 2.73. The Morgan fingerprint density at radius 2 is 2.38 bits per heavy atom. The van der Waals surface area contributed by atoms with E-state index in [4.69, 9.17) is 10.4 Å². The van der Waals surface area contributed by atoms with Crippen LogP contribution in [-0.2, 0) is 0 Å². The number of nitrogens with zero attached hydrogens (tertiary/aromatic N) is 2. The van der Waals surface area contributed by atoms with Crippen LogP contribution in [-0.4, -0.2) is 16.7 Å². The summed E-state index contributed by atoms with van der Waals surface area (Å²) in [6.45, 7) is 0.133. The van der Waals surface area contributed by atoms with Crippen molar-refractivity contribution in [3.8, 4) is 6.07 Å². The fraction of sp³-hybridized carbons (Fsp3) is 0.200. The fourth-order valence-electron chi connectivity index (χ4n) is 0.885. The minimum Gasteiger partial charge on any atom is -0.396 e. The van der Waals surface area contributed by atoms with Gasteiger partial charge >= 0.3 is 0 Å². The van der Waals surface area contributed by atoms with Crippen molar-refractivity contribution in [2.75, 3.05) is 6.61 Å². The third-order valence-electron chi connectivity index (χ3n) is 1.47. The maximum Gasteiger partial charge on any atom is 0.141 e. The molecule has 3 nitrogen and oxygen atoms in total. The Morgan fingerprint density at radius 1 is 1.54 bits per heavy atom. The molecule has 0 aliphatic carbocycles. The van der Waals surface area contributed by atoms with Crippen molar-refractivity contribution >= 4 is 6.08 Å². The molecule has 0 saturated heterocycles. The van der Waals surface area contributed by atoms with Crippen molar-refractivity contribution in [3.05, 3.63) is 35.7 Å². The highest BCUT2D eigenvalue weighted by molar-refractivity contribution is 5.45. The normalized spacial score (nSPS) is 10.2. The van der Waals surface area contributed by atoms with Crippen molar-refractivity contribution in [2.45, 2.75) is 6.42 Å². The van der Waals surface area contributed by atoms with Crippen LogP contribution in [0.3, 0.4) is 0 Å². The standard InChI is InChI=1S/C10H10N2O/c11-8-10-6-3-5-9(12-10)4-1-2-7-13/h1,3-6,13H,2,7H2. The van der Waals surface area contributed by atoms with E-state index in [2.05, 4.69) is 4.98 Å². The van der Waals surface area contributed by atoms with Gasteiger partial charge < -0.3 is 5.11 Å². The average Bonchev–Trinajstić information content (AvgIpc) is 2.19. The first-order valence-electron chi connectivity index (χ1n) is 4.01. The van der Waals surface area contributed by atoms with Gasteiger partial charge in [-0.2, -0.15) is 5.26 Å². The minimum atomic E-state index is 0.133. The van der Waals surface area contributed by atoms with Crippen molar-refractivity contribution < 1.29 is 5.11 Å². The molecule has 13 heavy (non-hydrogen) atoms. The van der Waals surface area contributed by atoms with E-state index < -0.39 is 0 Å². The predicted octanol–water partition coefficient (Wildman–Crippen LogP) is 1.35. The van der Waals surface area contributed by atoms with Crippen LogP contribution in [0.2, 0.25) is 0 Å². The molecule has 0 aliphatic heterocycles. The van der Waals surface area contributed by atoms with E-state index in [9.17, 15) is 0 Å². The van der Waals surface area contributed by atoms with Crippen LogP contribution in [0.15, 0.2) is 24.3 Å². The molecular formula is C10H10N2O. The molecule has 1 aromatic heterocycles. The lowest BCUT2D eigenvalue weighted by Gasteiger charge is -1.92. The van der Waals surface area contributed by atoms with Crippen molar-refractivity contribution in [2.24, 2.45) is 0 Å². The monoisotopic (exact) mass is 174 g/mol. The molecule has 0 bridgehead atoms. The van der Waals surface area contributed by atoms with E-state index in [-0.39, 0.29) is 6.61 Å². The first-order valence-corrected chi connectivity index (χ1v) is 4.01. The van der Waals surface area contributed by atoms with E-state index in [0.717, 1.165) is 5.69 Å². The highest BCUT2D eigenvalue weighted by atomic mass is 16.2. The molecule has 0 atom stereocenters. The third kappa shape index (κ3) is 3.06. The summed E-state index contributed by atoms with van der Waals surface area (Å²) in [5.74, 6) is 0. The second kappa shape index (κ2) is 5.07. The zero-order chi connectivity index (χ0) is 9.52. The van der Waals surface area contributed by atoms with Crippen molar-refractivity contribution in [1.29, 1.82) is 5.26 Å². The highest BCUT2D eigenvalue weighted by Gasteiger charge is 1.91. The molecule has 0 aromatic carbocycles. The molecule has 0 amide bonds. The van der Waals surface area contributed by atoms with Crippen LogP contribution < -0.4 is 0 Å². The number of hydrogen-bond acceptors (Lipinski definition) is 3. The van der Waals surface area contributed by atoms with Gasteiger partial charge in [0.15, 0.2) is 0 Å². The number of aliphatic hydroxyl groups is 1. The zero-order valence-electron chi connectivity index (χ0n) is 7.14. The number of rotatable bonds is 3. The van der Waals surface area contributed by atoms with Crippen LogP contribution in [0, 0.1) is 11.3 Å². The molecule has 0 fully saturated rings. The van der Waals surface area contributed by atoms with Gasteiger partial charge in [-0.1, -0.05) is 12.1 Å². The van der Waals surface area contributed by atoms with E-state index >= 15 is 0 Å². The molecule has 0 saturated carbocycles. The van der Waals surface area contributed by atoms with Gasteiger partial charge in [0.2, 0.25) is 0 Å². The van der Waals surface area contributed by atoms with Crippen LogP contribution in [0.1, 0.15) is 17.8 Å². The van der Waals surface area contributed by atoms with Gasteiger partial charge in [0, 0.05) is 6.61 Å². The van der Waals surface area contributed by atoms with Gasteiger partial charge in [0.25, 0.3) is 0 Å². The summed E-state index contributed by atoms with van der Waals surface area (Å²) in [6.07, 6.45) is 4.22. The van der Waals surface area contributed by atoms with E-state index in [0.29, 0.717) is 12.1 Å². The second-order valence-electron chi connectivity index (χ2n) is 2.47. The summed E-state index contributed by atoms with van der Waals surface area (Å²) < 4.78 is 0. The fourth-order valence-corrected chi connectivity index (χ4v) is 0.885. The van der Waals surface area contributed by atoms with Crippen LogP contribution >= 0.6 is 0 Å². The molecule has 66 valence electrons. The highest BCUT2D eigenvalue weighted by Crippen LogP contribution is 2.00. The summed E-state index contributed by atoms with van der Waals surface area (Å²) in [4.78, 5) is 4.03. The minimum absolute atomic E-state index is 0.133. The number of pyridine rings is 1. The van der Waals surface area contributed by atoms with Gasteiger partial charge in [-0.05, 0) is 24.6 Å². The molecule has 0 aliphatic rings. The summed E-state index contributed by atoms with van der Waals surface area (Å²) in [5.41, 5.74) is 1.15. The maximum absolute atomic E-state index is 8.56. The molecule has 1 N–H and O–H groups in total. The number of hydrogen-bond donors (Lipinski definition) is 1. The Kier molecular flexibility index (Phi) is 3.68. The Morgan fingerprint density at radius 3 is 3.08 bits per heavy atom. The van der Waals surface area contributed by atoms with Gasteiger partial charge in [-0.3, -0.25) is 0 Å². The van der Waals surface area contributed by atoms with Crippen LogP contribution in [0.4, 0.5) is 0 Å². The van der Waals surface area contributed by atoms with E-state index in [1.807, 2.05) is 18.2 Å². The average molecular weight is 174 g/mol. The predicted molar refractivity (Wildman–Crippen MR) is 49.7 cm³/mol. The van der Waals surface area contributed by atoms with E-state index in [1.165, 1.54) is 0 Å². The number of nitriles is 1. The van der Waals surface area contributed by atoms with Gasteiger partial charge in [0.1, 0.15) is 11.8 Å². The van der Waals surface area contributed by atoms with Gasteiger partial charge in [0.05, 0.1) is 5.69 Å². The molecule has 1 heterocycles. The summed E-state index contributed by atoms with van der Waals surface area (Å²) in [6, 6.07) is 7.22. The van der Waals surface area contributed by atoms with Gasteiger partial charge in [-0.25, -0.2) is 4.98 Å². The number of aliphatic hydroxyl groups excluding tert-OH is 1. The quantitative estimate of drug-likeness (QED) is 0.752. The van der Waals surface area contributed by atoms with Crippen molar-refractivity contribution in [3.63, 3.8) is 0 Å². The summed E-state index contributed by atoms with van der Waals surface area (Å²) >= 11 is 0. The molecule has 1 rings (SSSR count). The molecule has 0 radical (unpaired) electrons. The second-order valence-corrected chi connectivity index (χ2v) is 2.47.